The summed E-state index contributed by atoms with van der Waals surface area (Å²) in [6, 6.07) is 11.4. The Morgan fingerprint density at radius 2 is 1.54 bits per heavy atom. The van der Waals surface area contributed by atoms with Gasteiger partial charge in [0, 0.05) is 0 Å². The lowest BCUT2D eigenvalue weighted by Gasteiger charge is -2.15. The topological polar surface area (TPSA) is 109 Å². The molecule has 0 spiro atoms. The SMILES string of the molecule is O=C(O)CS(=O)(=O)c1cccc(N2C(=O)c3ccccc3C2=O)c1. The van der Waals surface area contributed by atoms with Crippen molar-refractivity contribution in [2.24, 2.45) is 0 Å². The first-order valence-electron chi connectivity index (χ1n) is 6.84. The number of sulfone groups is 1. The number of hydrogen-bond donors (Lipinski definition) is 1. The van der Waals surface area contributed by atoms with Crippen LogP contribution in [0, 0.1) is 0 Å². The average Bonchev–Trinajstić information content (AvgIpc) is 2.78. The summed E-state index contributed by atoms with van der Waals surface area (Å²) in [5, 5.41) is 8.70. The van der Waals surface area contributed by atoms with Gasteiger partial charge in [0.05, 0.1) is 21.7 Å². The number of carbonyl (C=O) groups excluding carboxylic acids is 2. The molecule has 1 N–H and O–H groups in total. The van der Waals surface area contributed by atoms with Crippen molar-refractivity contribution in [1.82, 2.24) is 0 Å². The Morgan fingerprint density at radius 3 is 2.08 bits per heavy atom. The van der Waals surface area contributed by atoms with Gasteiger partial charge in [-0.05, 0) is 30.3 Å². The molecule has 24 heavy (non-hydrogen) atoms. The van der Waals surface area contributed by atoms with Crippen LogP contribution >= 0.6 is 0 Å². The summed E-state index contributed by atoms with van der Waals surface area (Å²) in [6.45, 7) is 0. The van der Waals surface area contributed by atoms with Gasteiger partial charge in [-0.25, -0.2) is 13.3 Å². The number of anilines is 1. The van der Waals surface area contributed by atoms with E-state index in [0.717, 1.165) is 11.0 Å². The van der Waals surface area contributed by atoms with Crippen LogP contribution in [0.25, 0.3) is 0 Å². The van der Waals surface area contributed by atoms with E-state index in [1.807, 2.05) is 0 Å². The molecule has 7 nitrogen and oxygen atoms in total. The molecule has 0 aromatic heterocycles. The lowest BCUT2D eigenvalue weighted by atomic mass is 10.1. The van der Waals surface area contributed by atoms with Crippen LogP contribution < -0.4 is 4.90 Å². The van der Waals surface area contributed by atoms with Crippen LogP contribution in [0.15, 0.2) is 53.4 Å². The predicted molar refractivity (Wildman–Crippen MR) is 83.7 cm³/mol. The van der Waals surface area contributed by atoms with Crippen LogP contribution in [0.2, 0.25) is 0 Å². The molecule has 0 unspecified atom stereocenters. The van der Waals surface area contributed by atoms with E-state index < -0.39 is 33.4 Å². The van der Waals surface area contributed by atoms with E-state index >= 15 is 0 Å². The Morgan fingerprint density at radius 1 is 0.958 bits per heavy atom. The summed E-state index contributed by atoms with van der Waals surface area (Å²) in [5.74, 6) is -3.66. The van der Waals surface area contributed by atoms with Gasteiger partial charge in [-0.2, -0.15) is 0 Å². The zero-order valence-electron chi connectivity index (χ0n) is 12.2. The summed E-state index contributed by atoms with van der Waals surface area (Å²) < 4.78 is 24.0. The Bertz CT molecular complexity index is 945. The van der Waals surface area contributed by atoms with Crippen LogP contribution in [-0.2, 0) is 14.6 Å². The second kappa shape index (κ2) is 5.57. The Labute approximate surface area is 137 Å². The zero-order chi connectivity index (χ0) is 17.5. The molecule has 1 aliphatic rings. The number of carboxylic acid groups (broad SMARTS) is 1. The molecule has 0 aliphatic carbocycles. The van der Waals surface area contributed by atoms with Crippen molar-refractivity contribution >= 4 is 33.3 Å². The molecule has 2 aromatic rings. The van der Waals surface area contributed by atoms with Crippen LogP contribution in [0.4, 0.5) is 5.69 Å². The first-order valence-corrected chi connectivity index (χ1v) is 8.49. The minimum atomic E-state index is -4.06. The second-order valence-corrected chi connectivity index (χ2v) is 7.13. The highest BCUT2D eigenvalue weighted by molar-refractivity contribution is 7.92. The first-order chi connectivity index (χ1) is 11.3. The molecular weight excluding hydrogens is 334 g/mol. The van der Waals surface area contributed by atoms with Crippen LogP contribution in [0.3, 0.4) is 0 Å². The third-order valence-electron chi connectivity index (χ3n) is 3.54. The molecule has 8 heteroatoms. The number of amides is 2. The Balaban J connectivity index is 2.04. The van der Waals surface area contributed by atoms with Gasteiger partial charge in [-0.15, -0.1) is 0 Å². The zero-order valence-corrected chi connectivity index (χ0v) is 13.0. The van der Waals surface area contributed by atoms with Gasteiger partial charge in [-0.1, -0.05) is 18.2 Å². The van der Waals surface area contributed by atoms with E-state index in [1.165, 1.54) is 30.3 Å². The normalized spacial score (nSPS) is 13.9. The molecule has 0 radical (unpaired) electrons. The van der Waals surface area contributed by atoms with Gasteiger partial charge < -0.3 is 5.11 Å². The predicted octanol–water partition coefficient (Wildman–Crippen LogP) is 1.35. The van der Waals surface area contributed by atoms with Crippen molar-refractivity contribution in [1.29, 1.82) is 0 Å². The van der Waals surface area contributed by atoms with Gasteiger partial charge in [0.2, 0.25) is 0 Å². The summed E-state index contributed by atoms with van der Waals surface area (Å²) in [7, 11) is -4.06. The average molecular weight is 345 g/mol. The number of carboxylic acids is 1. The Kier molecular flexibility index (Phi) is 3.69. The number of hydrogen-bond acceptors (Lipinski definition) is 5. The van der Waals surface area contributed by atoms with E-state index in [-0.39, 0.29) is 21.7 Å². The molecule has 0 saturated heterocycles. The molecule has 1 aliphatic heterocycles. The molecule has 0 atom stereocenters. The summed E-state index contributed by atoms with van der Waals surface area (Å²) in [6.07, 6.45) is 0. The molecule has 1 heterocycles. The quantitative estimate of drug-likeness (QED) is 0.838. The third-order valence-corrected chi connectivity index (χ3v) is 5.14. The maximum Gasteiger partial charge on any atom is 0.319 e. The summed E-state index contributed by atoms with van der Waals surface area (Å²) in [5.41, 5.74) is 0.551. The summed E-state index contributed by atoms with van der Waals surface area (Å²) >= 11 is 0. The number of rotatable bonds is 4. The second-order valence-electron chi connectivity index (χ2n) is 5.14. The number of carbonyl (C=O) groups is 3. The first kappa shape index (κ1) is 15.9. The molecule has 122 valence electrons. The fraction of sp³-hybridized carbons (Fsp3) is 0.0625. The number of nitrogens with zero attached hydrogens (tertiary/aromatic N) is 1. The third kappa shape index (κ3) is 2.56. The van der Waals surface area contributed by atoms with E-state index in [0.29, 0.717) is 0 Å². The van der Waals surface area contributed by atoms with E-state index in [2.05, 4.69) is 0 Å². The summed E-state index contributed by atoms with van der Waals surface area (Å²) in [4.78, 5) is 36.1. The number of fused-ring (bicyclic) bond motifs is 1. The van der Waals surface area contributed by atoms with Crippen molar-refractivity contribution in [2.45, 2.75) is 4.90 Å². The van der Waals surface area contributed by atoms with Crippen molar-refractivity contribution in [2.75, 3.05) is 10.7 Å². The van der Waals surface area contributed by atoms with Crippen LogP contribution in [0.5, 0.6) is 0 Å². The minimum Gasteiger partial charge on any atom is -0.480 e. The highest BCUT2D eigenvalue weighted by Gasteiger charge is 2.36. The van der Waals surface area contributed by atoms with Crippen molar-refractivity contribution in [3.63, 3.8) is 0 Å². The molecule has 0 fully saturated rings. The number of aliphatic carboxylic acids is 1. The lowest BCUT2D eigenvalue weighted by molar-refractivity contribution is -0.134. The maximum atomic E-state index is 12.4. The van der Waals surface area contributed by atoms with Crippen molar-refractivity contribution in [3.8, 4) is 0 Å². The van der Waals surface area contributed by atoms with Crippen LogP contribution in [-0.4, -0.2) is 37.1 Å². The fourth-order valence-corrected chi connectivity index (χ4v) is 3.56. The maximum absolute atomic E-state index is 12.4. The standard InChI is InChI=1S/C16H11NO6S/c18-14(19)9-24(22,23)11-5-3-4-10(8-11)17-15(20)12-6-1-2-7-13(12)16(17)21/h1-8H,9H2,(H,18,19). The number of imide groups is 1. The van der Waals surface area contributed by atoms with Gasteiger partial charge >= 0.3 is 5.97 Å². The van der Waals surface area contributed by atoms with Crippen LogP contribution in [0.1, 0.15) is 20.7 Å². The molecule has 0 bridgehead atoms. The van der Waals surface area contributed by atoms with Gasteiger partial charge in [-0.3, -0.25) is 14.4 Å². The largest absolute Gasteiger partial charge is 0.480 e. The molecular formula is C16H11NO6S. The molecule has 2 aromatic carbocycles. The monoisotopic (exact) mass is 345 g/mol. The van der Waals surface area contributed by atoms with Gasteiger partial charge in [0.15, 0.2) is 15.6 Å². The molecule has 3 rings (SSSR count). The van der Waals surface area contributed by atoms with Gasteiger partial charge in [0.1, 0.15) is 0 Å². The van der Waals surface area contributed by atoms with E-state index in [4.69, 9.17) is 5.11 Å². The molecule has 0 saturated carbocycles. The number of benzene rings is 2. The smallest absolute Gasteiger partial charge is 0.319 e. The van der Waals surface area contributed by atoms with Crippen molar-refractivity contribution in [3.05, 3.63) is 59.7 Å². The van der Waals surface area contributed by atoms with E-state index in [1.54, 1.807) is 12.1 Å². The molecule has 2 amide bonds. The highest BCUT2D eigenvalue weighted by atomic mass is 32.2. The van der Waals surface area contributed by atoms with Crippen molar-refractivity contribution < 1.29 is 27.9 Å². The minimum absolute atomic E-state index is 0.0765. The lowest BCUT2D eigenvalue weighted by Crippen LogP contribution is -2.29. The Hall–Kier alpha value is -3.00. The highest BCUT2D eigenvalue weighted by Crippen LogP contribution is 2.29. The fourth-order valence-electron chi connectivity index (χ4n) is 2.49. The van der Waals surface area contributed by atoms with E-state index in [9.17, 15) is 22.8 Å². The van der Waals surface area contributed by atoms with Gasteiger partial charge in [0.25, 0.3) is 11.8 Å².